The van der Waals surface area contributed by atoms with Gasteiger partial charge in [0.1, 0.15) is 36.0 Å². The van der Waals surface area contributed by atoms with E-state index in [1.54, 1.807) is 13.0 Å². The van der Waals surface area contributed by atoms with Crippen molar-refractivity contribution in [3.05, 3.63) is 71.7 Å². The number of hydrogen-bond donors (Lipinski definition) is 2. The molecule has 2 aromatic heterocycles. The number of carbonyl (C=O) groups is 1. The third-order valence-corrected chi connectivity index (χ3v) is 8.35. The van der Waals surface area contributed by atoms with Crippen LogP contribution in [0.4, 0.5) is 4.39 Å². The van der Waals surface area contributed by atoms with Gasteiger partial charge in [-0.1, -0.05) is 30.4 Å². The zero-order chi connectivity index (χ0) is 28.1. The van der Waals surface area contributed by atoms with Crippen molar-refractivity contribution in [1.82, 2.24) is 14.9 Å². The van der Waals surface area contributed by atoms with E-state index in [1.807, 2.05) is 41.3 Å². The van der Waals surface area contributed by atoms with Crippen molar-refractivity contribution in [3.8, 4) is 11.6 Å². The zero-order valence-electron chi connectivity index (χ0n) is 22.7. The van der Waals surface area contributed by atoms with Crippen LogP contribution in [-0.2, 0) is 14.3 Å². The number of nitrogens with one attached hydrogen (secondary N) is 1. The standard InChI is InChI=1S/C31H32FN3O6/c1-17(36)35-11-10-22(14-35)40-21-8-6-19(7-9-21)18-2-4-20(5-3-18)29-23(32)12-24-25(34-29)13-28(33-24)41-27-16-39-30-26(37)15-38-31(27)30/h2-4,6-9,12-13,20,22,26-27,30-31,33,37H,5,10-11,14-16H2,1H3/t20?,22?,26-,27-,30-,31-/m1/s1. The maximum atomic E-state index is 15.2. The summed E-state index contributed by atoms with van der Waals surface area (Å²) in [6.07, 6.45) is 5.85. The van der Waals surface area contributed by atoms with Gasteiger partial charge in [0.15, 0.2) is 12.0 Å². The van der Waals surface area contributed by atoms with E-state index in [1.165, 1.54) is 6.07 Å². The summed E-state index contributed by atoms with van der Waals surface area (Å²) in [6.45, 7) is 3.48. The third-order valence-electron chi connectivity index (χ3n) is 8.35. The number of aliphatic hydroxyl groups excluding tert-OH is 1. The number of benzene rings is 1. The van der Waals surface area contributed by atoms with Gasteiger partial charge in [0.2, 0.25) is 5.91 Å². The Bertz CT molecular complexity index is 1520. The van der Waals surface area contributed by atoms with Gasteiger partial charge in [-0.25, -0.2) is 9.37 Å². The number of nitrogens with zero attached hydrogens (tertiary/aromatic N) is 2. The predicted octanol–water partition coefficient (Wildman–Crippen LogP) is 3.73. The summed E-state index contributed by atoms with van der Waals surface area (Å²) in [5, 5.41) is 9.95. The summed E-state index contributed by atoms with van der Waals surface area (Å²) in [7, 11) is 0. The van der Waals surface area contributed by atoms with Gasteiger partial charge in [0.25, 0.3) is 0 Å². The third kappa shape index (κ3) is 5.11. The molecule has 2 N–H and O–H groups in total. The van der Waals surface area contributed by atoms with Crippen molar-refractivity contribution >= 4 is 22.5 Å². The molecule has 2 unspecified atom stereocenters. The van der Waals surface area contributed by atoms with Gasteiger partial charge < -0.3 is 33.9 Å². The molecule has 5 heterocycles. The molecule has 214 valence electrons. The number of hydrogen-bond acceptors (Lipinski definition) is 7. The Morgan fingerprint density at radius 3 is 2.73 bits per heavy atom. The number of ether oxygens (including phenoxy) is 4. The molecule has 0 spiro atoms. The highest BCUT2D eigenvalue weighted by Crippen LogP contribution is 2.34. The molecule has 7 rings (SSSR count). The van der Waals surface area contributed by atoms with E-state index in [0.29, 0.717) is 42.2 Å². The van der Waals surface area contributed by atoms with Crippen LogP contribution in [0.15, 0.2) is 54.6 Å². The SMILES string of the molecule is CC(=O)N1CCC(Oc2ccc(C3=CCC(c4nc5cc(O[C@@H]6CO[C@H]7[C@@H]6OC[C@H]7O)[nH]c5cc4F)C=C3)cc2)C1. The first-order valence-electron chi connectivity index (χ1n) is 14.1. The molecule has 41 heavy (non-hydrogen) atoms. The lowest BCUT2D eigenvalue weighted by Crippen LogP contribution is -2.34. The van der Waals surface area contributed by atoms with Gasteiger partial charge in [0.05, 0.1) is 36.5 Å². The summed E-state index contributed by atoms with van der Waals surface area (Å²) in [4.78, 5) is 21.1. The van der Waals surface area contributed by atoms with Crippen LogP contribution >= 0.6 is 0 Å². The molecule has 1 amide bonds. The second-order valence-corrected chi connectivity index (χ2v) is 11.1. The van der Waals surface area contributed by atoms with E-state index >= 15 is 4.39 Å². The van der Waals surface area contributed by atoms with E-state index in [0.717, 1.165) is 29.9 Å². The number of fused-ring (bicyclic) bond motifs is 2. The van der Waals surface area contributed by atoms with Crippen molar-refractivity contribution in [2.75, 3.05) is 26.3 Å². The molecule has 0 radical (unpaired) electrons. The molecule has 3 aromatic rings. The highest BCUT2D eigenvalue weighted by atomic mass is 19.1. The lowest BCUT2D eigenvalue weighted by molar-refractivity contribution is -0.128. The molecule has 3 aliphatic heterocycles. The number of allylic oxidation sites excluding steroid dienone is 4. The predicted molar refractivity (Wildman–Crippen MR) is 148 cm³/mol. The lowest BCUT2D eigenvalue weighted by atomic mass is 9.90. The van der Waals surface area contributed by atoms with Gasteiger partial charge in [-0.05, 0) is 29.7 Å². The summed E-state index contributed by atoms with van der Waals surface area (Å²) in [6, 6.07) is 11.2. The molecule has 1 aliphatic carbocycles. The molecular formula is C31H32FN3O6. The maximum absolute atomic E-state index is 15.2. The van der Waals surface area contributed by atoms with Gasteiger partial charge in [0, 0.05) is 37.9 Å². The minimum atomic E-state index is -0.649. The summed E-state index contributed by atoms with van der Waals surface area (Å²) in [5.74, 6) is 0.762. The van der Waals surface area contributed by atoms with Gasteiger partial charge in [-0.2, -0.15) is 0 Å². The first-order chi connectivity index (χ1) is 19.9. The molecule has 3 fully saturated rings. The number of halogens is 1. The Kier molecular flexibility index (Phi) is 6.76. The number of pyridine rings is 1. The van der Waals surface area contributed by atoms with Crippen LogP contribution < -0.4 is 9.47 Å². The fourth-order valence-electron chi connectivity index (χ4n) is 6.12. The van der Waals surface area contributed by atoms with Crippen molar-refractivity contribution in [3.63, 3.8) is 0 Å². The van der Waals surface area contributed by atoms with Crippen LogP contribution in [0.3, 0.4) is 0 Å². The topological polar surface area (TPSA) is 106 Å². The van der Waals surface area contributed by atoms with Crippen molar-refractivity contribution in [2.24, 2.45) is 0 Å². The fraction of sp³-hybridized carbons (Fsp3) is 0.419. The summed E-state index contributed by atoms with van der Waals surface area (Å²) in [5.41, 5.74) is 3.67. The number of aliphatic hydroxyl groups is 1. The van der Waals surface area contributed by atoms with Crippen LogP contribution in [-0.4, -0.2) is 82.7 Å². The van der Waals surface area contributed by atoms with Gasteiger partial charge in [-0.3, -0.25) is 4.79 Å². The second kappa shape index (κ2) is 10.6. The Balaban J connectivity index is 0.997. The quantitative estimate of drug-likeness (QED) is 0.473. The van der Waals surface area contributed by atoms with E-state index in [4.69, 9.17) is 18.9 Å². The number of carbonyl (C=O) groups excluding carboxylic acids is 1. The fourth-order valence-corrected chi connectivity index (χ4v) is 6.12. The highest BCUT2D eigenvalue weighted by Gasteiger charge is 2.48. The Labute approximate surface area is 236 Å². The molecule has 0 saturated carbocycles. The number of aromatic nitrogens is 2. The largest absolute Gasteiger partial charge is 0.489 e. The van der Waals surface area contributed by atoms with Gasteiger partial charge in [-0.15, -0.1) is 0 Å². The Morgan fingerprint density at radius 2 is 1.98 bits per heavy atom. The zero-order valence-corrected chi connectivity index (χ0v) is 22.7. The van der Waals surface area contributed by atoms with E-state index in [2.05, 4.69) is 16.0 Å². The summed E-state index contributed by atoms with van der Waals surface area (Å²) < 4.78 is 38.5. The van der Waals surface area contributed by atoms with E-state index < -0.39 is 6.10 Å². The lowest BCUT2D eigenvalue weighted by Gasteiger charge is -2.18. The smallest absolute Gasteiger partial charge is 0.219 e. The molecule has 10 heteroatoms. The summed E-state index contributed by atoms with van der Waals surface area (Å²) >= 11 is 0. The molecule has 1 aromatic carbocycles. The minimum absolute atomic E-state index is 0.0149. The molecule has 6 atom stereocenters. The Hall–Kier alpha value is -3.73. The van der Waals surface area contributed by atoms with Crippen LogP contribution in [0.2, 0.25) is 0 Å². The normalized spacial score (nSPS) is 29.1. The van der Waals surface area contributed by atoms with Gasteiger partial charge >= 0.3 is 0 Å². The van der Waals surface area contributed by atoms with Crippen LogP contribution in [0.5, 0.6) is 11.6 Å². The number of H-pyrrole nitrogens is 1. The molecule has 9 nitrogen and oxygen atoms in total. The molecular weight excluding hydrogens is 529 g/mol. The van der Waals surface area contributed by atoms with Crippen molar-refractivity contribution < 1.29 is 33.2 Å². The Morgan fingerprint density at radius 1 is 1.15 bits per heavy atom. The van der Waals surface area contributed by atoms with Crippen LogP contribution in [0.1, 0.15) is 36.9 Å². The van der Waals surface area contributed by atoms with Crippen LogP contribution in [0, 0.1) is 5.82 Å². The number of rotatable bonds is 6. The van der Waals surface area contributed by atoms with E-state index in [9.17, 15) is 9.90 Å². The number of likely N-dealkylation sites (tertiary alicyclic amines) is 1. The van der Waals surface area contributed by atoms with Crippen molar-refractivity contribution in [2.45, 2.75) is 56.2 Å². The molecule has 0 bridgehead atoms. The number of amides is 1. The van der Waals surface area contributed by atoms with Crippen LogP contribution in [0.25, 0.3) is 16.6 Å². The molecule has 3 saturated heterocycles. The first kappa shape index (κ1) is 26.2. The average Bonchev–Trinajstić information content (AvgIpc) is 3.76. The van der Waals surface area contributed by atoms with Crippen molar-refractivity contribution in [1.29, 1.82) is 0 Å². The highest BCUT2D eigenvalue weighted by molar-refractivity contribution is 5.78. The maximum Gasteiger partial charge on any atom is 0.219 e. The second-order valence-electron chi connectivity index (χ2n) is 11.1. The van der Waals surface area contributed by atoms with E-state index in [-0.39, 0.29) is 48.7 Å². The molecule has 4 aliphatic rings. The minimum Gasteiger partial charge on any atom is -0.489 e. The first-order valence-corrected chi connectivity index (χ1v) is 14.1. The average molecular weight is 562 g/mol. The monoisotopic (exact) mass is 561 g/mol. The number of aromatic amines is 1.